The molecule has 0 saturated carbocycles. The molecular weight excluding hydrogens is 212 g/mol. The van der Waals surface area contributed by atoms with Crippen molar-refractivity contribution in [2.45, 2.75) is 0 Å². The summed E-state index contributed by atoms with van der Waals surface area (Å²) in [4.78, 5) is 10.7. The van der Waals surface area contributed by atoms with Crippen molar-refractivity contribution in [2.24, 2.45) is 0 Å². The van der Waals surface area contributed by atoms with Crippen molar-refractivity contribution in [1.29, 1.82) is 0 Å². The second kappa shape index (κ2) is 7.75. The third kappa shape index (κ3) is 7.55. The van der Waals surface area contributed by atoms with E-state index in [-0.39, 0.29) is 5.97 Å². The molecule has 0 unspecified atom stereocenters. The third-order valence-electron chi connectivity index (χ3n) is 0.838. The van der Waals surface area contributed by atoms with E-state index in [9.17, 15) is 4.79 Å². The number of alkyl halides is 1. The Morgan fingerprint density at radius 2 is 2.36 bits per heavy atom. The van der Waals surface area contributed by atoms with Gasteiger partial charge in [0, 0.05) is 18.5 Å². The Hall–Kier alpha value is -0.350. The Bertz CT molecular complexity index is 134. The Balaban J connectivity index is 3.35. The van der Waals surface area contributed by atoms with Crippen molar-refractivity contribution >= 4 is 21.9 Å². The monoisotopic (exact) mass is 222 g/mol. The highest BCUT2D eigenvalue weighted by Gasteiger charge is 1.92. The number of hydrogen-bond acceptors (Lipinski definition) is 3. The maximum Gasteiger partial charge on any atom is 0.330 e. The van der Waals surface area contributed by atoms with E-state index in [1.807, 2.05) is 0 Å². The van der Waals surface area contributed by atoms with E-state index in [0.717, 1.165) is 0 Å². The van der Waals surface area contributed by atoms with Crippen LogP contribution in [0.15, 0.2) is 12.2 Å². The number of ether oxygens (including phenoxy) is 2. The van der Waals surface area contributed by atoms with Crippen LogP contribution in [0.25, 0.3) is 0 Å². The van der Waals surface area contributed by atoms with E-state index in [1.54, 1.807) is 13.2 Å². The smallest absolute Gasteiger partial charge is 0.330 e. The first-order chi connectivity index (χ1) is 5.31. The number of esters is 1. The van der Waals surface area contributed by atoms with Crippen LogP contribution in [0.4, 0.5) is 0 Å². The zero-order valence-corrected chi connectivity index (χ0v) is 7.96. The van der Waals surface area contributed by atoms with E-state index in [1.165, 1.54) is 6.08 Å². The molecule has 0 aliphatic carbocycles. The average molecular weight is 223 g/mol. The molecule has 0 aliphatic heterocycles. The molecule has 0 amide bonds. The molecule has 0 fully saturated rings. The topological polar surface area (TPSA) is 35.5 Å². The number of methoxy groups -OCH3 is 1. The summed E-state index contributed by atoms with van der Waals surface area (Å²) in [5, 5.41) is 0.664. The normalized spacial score (nSPS) is 10.4. The van der Waals surface area contributed by atoms with Gasteiger partial charge < -0.3 is 9.47 Å². The summed E-state index contributed by atoms with van der Waals surface area (Å²) >= 11 is 3.13. The second-order valence-electron chi connectivity index (χ2n) is 1.71. The van der Waals surface area contributed by atoms with Crippen molar-refractivity contribution in [2.75, 3.05) is 25.7 Å². The van der Waals surface area contributed by atoms with E-state index in [4.69, 9.17) is 9.47 Å². The molecule has 3 nitrogen and oxygen atoms in total. The van der Waals surface area contributed by atoms with Crippen LogP contribution in [0.5, 0.6) is 0 Å². The van der Waals surface area contributed by atoms with Crippen LogP contribution in [0.1, 0.15) is 0 Å². The number of rotatable bonds is 5. The first-order valence-corrected chi connectivity index (χ1v) is 4.31. The van der Waals surface area contributed by atoms with Gasteiger partial charge in [-0.15, -0.1) is 0 Å². The van der Waals surface area contributed by atoms with E-state index < -0.39 is 0 Å². The van der Waals surface area contributed by atoms with Gasteiger partial charge in [0.05, 0.1) is 6.61 Å². The molecule has 4 heteroatoms. The molecule has 0 atom stereocenters. The van der Waals surface area contributed by atoms with Gasteiger partial charge in [-0.1, -0.05) is 22.0 Å². The van der Waals surface area contributed by atoms with Crippen molar-refractivity contribution in [3.63, 3.8) is 0 Å². The molecule has 0 aromatic heterocycles. The Morgan fingerprint density at radius 3 is 2.91 bits per heavy atom. The van der Waals surface area contributed by atoms with Gasteiger partial charge in [-0.25, -0.2) is 4.79 Å². The molecule has 0 aliphatic rings. The Kier molecular flexibility index (Phi) is 7.51. The Morgan fingerprint density at radius 1 is 1.64 bits per heavy atom. The van der Waals surface area contributed by atoms with Crippen molar-refractivity contribution in [3.8, 4) is 0 Å². The maximum atomic E-state index is 10.7. The fourth-order valence-electron chi connectivity index (χ4n) is 0.428. The van der Waals surface area contributed by atoms with Crippen LogP contribution in [0, 0.1) is 0 Å². The summed E-state index contributed by atoms with van der Waals surface area (Å²) in [6.45, 7) is 0.833. The third-order valence-corrected chi connectivity index (χ3v) is 1.16. The summed E-state index contributed by atoms with van der Waals surface area (Å²) in [5.74, 6) is -0.332. The standard InChI is InChI=1S/C7H11BrO3/c1-10-5-2-3-7(9)11-6-4-8/h2-3H,4-6H2,1H3. The van der Waals surface area contributed by atoms with Gasteiger partial charge in [0.2, 0.25) is 0 Å². The molecular formula is C7H11BrO3. The van der Waals surface area contributed by atoms with Crippen molar-refractivity contribution < 1.29 is 14.3 Å². The summed E-state index contributed by atoms with van der Waals surface area (Å²) in [7, 11) is 1.56. The predicted molar refractivity (Wildman–Crippen MR) is 45.8 cm³/mol. The van der Waals surface area contributed by atoms with Crippen LogP contribution >= 0.6 is 15.9 Å². The SMILES string of the molecule is COCC=CC(=O)OCCBr. The second-order valence-corrected chi connectivity index (χ2v) is 2.51. The molecule has 0 radical (unpaired) electrons. The molecule has 11 heavy (non-hydrogen) atoms. The first kappa shape index (κ1) is 10.7. The minimum absolute atomic E-state index is 0.332. The molecule has 64 valence electrons. The fraction of sp³-hybridized carbons (Fsp3) is 0.571. The minimum atomic E-state index is -0.332. The summed E-state index contributed by atoms with van der Waals surface area (Å²) < 4.78 is 9.40. The van der Waals surface area contributed by atoms with Gasteiger partial charge >= 0.3 is 5.97 Å². The zero-order valence-electron chi connectivity index (χ0n) is 6.38. The molecule has 0 heterocycles. The molecule has 0 saturated heterocycles. The lowest BCUT2D eigenvalue weighted by Gasteiger charge is -1.95. The Labute approximate surface area is 74.5 Å². The summed E-state index contributed by atoms with van der Waals surface area (Å²) in [5.41, 5.74) is 0. The average Bonchev–Trinajstić information content (AvgIpc) is 2.01. The van der Waals surface area contributed by atoms with Crippen LogP contribution in [-0.2, 0) is 14.3 Å². The van der Waals surface area contributed by atoms with Gasteiger partial charge in [-0.2, -0.15) is 0 Å². The highest BCUT2D eigenvalue weighted by molar-refractivity contribution is 9.09. The first-order valence-electron chi connectivity index (χ1n) is 3.19. The lowest BCUT2D eigenvalue weighted by atomic mass is 10.5. The van der Waals surface area contributed by atoms with Gasteiger partial charge in [0.15, 0.2) is 0 Å². The van der Waals surface area contributed by atoms with Gasteiger partial charge in [0.25, 0.3) is 0 Å². The quantitative estimate of drug-likeness (QED) is 0.398. The van der Waals surface area contributed by atoms with Crippen molar-refractivity contribution in [1.82, 2.24) is 0 Å². The van der Waals surface area contributed by atoms with Gasteiger partial charge in [-0.05, 0) is 0 Å². The van der Waals surface area contributed by atoms with E-state index in [2.05, 4.69) is 15.9 Å². The number of halogens is 1. The summed E-state index contributed by atoms with van der Waals surface area (Å²) in [6.07, 6.45) is 2.96. The van der Waals surface area contributed by atoms with Gasteiger partial charge in [0.1, 0.15) is 6.61 Å². The molecule has 0 aromatic rings. The van der Waals surface area contributed by atoms with Gasteiger partial charge in [-0.3, -0.25) is 0 Å². The molecule has 0 N–H and O–H groups in total. The lowest BCUT2D eigenvalue weighted by molar-refractivity contribution is -0.137. The van der Waals surface area contributed by atoms with Crippen LogP contribution in [0.3, 0.4) is 0 Å². The lowest BCUT2D eigenvalue weighted by Crippen LogP contribution is -2.03. The number of carbonyl (C=O) groups is 1. The van der Waals surface area contributed by atoms with E-state index in [0.29, 0.717) is 18.5 Å². The molecule has 0 bridgehead atoms. The highest BCUT2D eigenvalue weighted by atomic mass is 79.9. The number of hydrogen-bond donors (Lipinski definition) is 0. The maximum absolute atomic E-state index is 10.7. The summed E-state index contributed by atoms with van der Waals surface area (Å²) in [6, 6.07) is 0. The number of carbonyl (C=O) groups excluding carboxylic acids is 1. The van der Waals surface area contributed by atoms with Crippen LogP contribution in [0.2, 0.25) is 0 Å². The zero-order chi connectivity index (χ0) is 8.53. The largest absolute Gasteiger partial charge is 0.462 e. The molecule has 0 spiro atoms. The molecule has 0 aromatic carbocycles. The van der Waals surface area contributed by atoms with Crippen LogP contribution < -0.4 is 0 Å². The minimum Gasteiger partial charge on any atom is -0.462 e. The highest BCUT2D eigenvalue weighted by Crippen LogP contribution is 1.85. The van der Waals surface area contributed by atoms with Crippen LogP contribution in [-0.4, -0.2) is 31.6 Å². The van der Waals surface area contributed by atoms with E-state index >= 15 is 0 Å². The van der Waals surface area contributed by atoms with Crippen molar-refractivity contribution in [3.05, 3.63) is 12.2 Å². The predicted octanol–water partition coefficient (Wildman–Crippen LogP) is 1.13. The molecule has 0 rings (SSSR count). The fourth-order valence-corrected chi connectivity index (χ4v) is 0.590.